The van der Waals surface area contributed by atoms with Gasteiger partial charge >= 0.3 is 0 Å². The van der Waals surface area contributed by atoms with Gasteiger partial charge < -0.3 is 5.73 Å². The van der Waals surface area contributed by atoms with Gasteiger partial charge in [0.25, 0.3) is 10.0 Å². The number of benzene rings is 1. The molecule has 0 amide bonds. The quantitative estimate of drug-likeness (QED) is 0.905. The van der Waals surface area contributed by atoms with Crippen molar-refractivity contribution in [2.75, 3.05) is 7.05 Å². The van der Waals surface area contributed by atoms with Crippen molar-refractivity contribution in [3.8, 4) is 0 Å². The van der Waals surface area contributed by atoms with Gasteiger partial charge in [-0.25, -0.2) is 8.42 Å². The Balaban J connectivity index is 2.34. The average Bonchev–Trinajstić information content (AvgIpc) is 2.96. The van der Waals surface area contributed by atoms with E-state index in [1.165, 1.54) is 15.6 Å². The largest absolute Gasteiger partial charge is 0.326 e. The van der Waals surface area contributed by atoms with Crippen LogP contribution in [-0.4, -0.2) is 19.8 Å². The molecule has 2 rings (SSSR count). The Hall–Kier alpha value is -0.920. The average molecular weight is 345 g/mol. The predicted molar refractivity (Wildman–Crippen MR) is 87.0 cm³/mol. The molecule has 0 radical (unpaired) electrons. The molecule has 7 heteroatoms. The molecule has 21 heavy (non-hydrogen) atoms. The van der Waals surface area contributed by atoms with Gasteiger partial charge in [-0.15, -0.1) is 11.3 Å². The number of hydrogen-bond donors (Lipinski definition) is 1. The van der Waals surface area contributed by atoms with Crippen molar-refractivity contribution < 1.29 is 8.42 Å². The van der Waals surface area contributed by atoms with Crippen LogP contribution >= 0.6 is 22.9 Å². The molecule has 1 heterocycles. The minimum absolute atomic E-state index is 0.296. The van der Waals surface area contributed by atoms with Crippen LogP contribution in [0.3, 0.4) is 0 Å². The molecule has 2 aromatic rings. The standard InChI is InChI=1S/C14H17ClN2O2S2/c1-10(12-5-3-4-6-13(12)15)17(2)21(18,19)14-8-7-11(9-16)20-14/h3-8,10H,9,16H2,1-2H3. The molecule has 114 valence electrons. The maximum absolute atomic E-state index is 12.6. The number of nitrogens with zero attached hydrogens (tertiary/aromatic N) is 1. The molecule has 0 aliphatic carbocycles. The van der Waals surface area contributed by atoms with Gasteiger partial charge in [-0.05, 0) is 30.7 Å². The number of halogens is 1. The summed E-state index contributed by atoms with van der Waals surface area (Å²) in [5.41, 5.74) is 6.32. The van der Waals surface area contributed by atoms with Crippen molar-refractivity contribution in [1.29, 1.82) is 0 Å². The highest BCUT2D eigenvalue weighted by Gasteiger charge is 2.28. The molecule has 0 fully saturated rings. The van der Waals surface area contributed by atoms with Crippen LogP contribution in [0.5, 0.6) is 0 Å². The first-order valence-electron chi connectivity index (χ1n) is 6.39. The van der Waals surface area contributed by atoms with Crippen LogP contribution in [0, 0.1) is 0 Å². The smallest absolute Gasteiger partial charge is 0.252 e. The lowest BCUT2D eigenvalue weighted by Crippen LogP contribution is -2.29. The summed E-state index contributed by atoms with van der Waals surface area (Å²) in [6, 6.07) is 10.2. The molecule has 0 saturated carbocycles. The second-order valence-corrected chi connectivity index (χ2v) is 8.44. The minimum Gasteiger partial charge on any atom is -0.326 e. The van der Waals surface area contributed by atoms with Crippen molar-refractivity contribution in [2.24, 2.45) is 5.73 Å². The summed E-state index contributed by atoms with van der Waals surface area (Å²) in [6.45, 7) is 2.15. The Bertz CT molecular complexity index is 728. The van der Waals surface area contributed by atoms with Gasteiger partial charge in [0.05, 0.1) is 0 Å². The fourth-order valence-corrected chi connectivity index (χ4v) is 5.02. The van der Waals surface area contributed by atoms with E-state index in [4.69, 9.17) is 17.3 Å². The van der Waals surface area contributed by atoms with E-state index in [2.05, 4.69) is 0 Å². The monoisotopic (exact) mass is 344 g/mol. The third-order valence-corrected chi connectivity index (χ3v) is 7.22. The summed E-state index contributed by atoms with van der Waals surface area (Å²) in [4.78, 5) is 0.840. The van der Waals surface area contributed by atoms with Crippen molar-refractivity contribution >= 4 is 33.0 Å². The lowest BCUT2D eigenvalue weighted by atomic mass is 10.1. The maximum Gasteiger partial charge on any atom is 0.252 e. The molecular weight excluding hydrogens is 328 g/mol. The summed E-state index contributed by atoms with van der Waals surface area (Å²) < 4.78 is 26.9. The van der Waals surface area contributed by atoms with Crippen LogP contribution in [0.1, 0.15) is 23.4 Å². The van der Waals surface area contributed by atoms with E-state index in [-0.39, 0.29) is 6.04 Å². The first kappa shape index (κ1) is 16.5. The van der Waals surface area contributed by atoms with Crippen LogP contribution in [0.15, 0.2) is 40.6 Å². The Morgan fingerprint density at radius 1 is 1.29 bits per heavy atom. The molecule has 1 atom stereocenters. The van der Waals surface area contributed by atoms with Crippen LogP contribution in [0.2, 0.25) is 5.02 Å². The third-order valence-electron chi connectivity index (χ3n) is 3.37. The van der Waals surface area contributed by atoms with Crippen molar-refractivity contribution in [1.82, 2.24) is 4.31 Å². The molecule has 0 aliphatic heterocycles. The van der Waals surface area contributed by atoms with Gasteiger partial charge in [0.2, 0.25) is 0 Å². The van der Waals surface area contributed by atoms with Crippen molar-refractivity contribution in [3.05, 3.63) is 51.9 Å². The zero-order chi connectivity index (χ0) is 15.6. The number of rotatable bonds is 5. The summed E-state index contributed by atoms with van der Waals surface area (Å²) >= 11 is 7.35. The summed E-state index contributed by atoms with van der Waals surface area (Å²) in [6.07, 6.45) is 0. The number of thiophene rings is 1. The zero-order valence-corrected chi connectivity index (χ0v) is 14.2. The minimum atomic E-state index is -3.55. The molecule has 1 aromatic carbocycles. The summed E-state index contributed by atoms with van der Waals surface area (Å²) in [7, 11) is -1.99. The first-order valence-corrected chi connectivity index (χ1v) is 9.02. The molecule has 1 unspecified atom stereocenters. The topological polar surface area (TPSA) is 63.4 Å². The Morgan fingerprint density at radius 3 is 2.52 bits per heavy atom. The number of hydrogen-bond acceptors (Lipinski definition) is 4. The highest BCUT2D eigenvalue weighted by Crippen LogP contribution is 2.32. The van der Waals surface area contributed by atoms with Gasteiger partial charge in [-0.1, -0.05) is 29.8 Å². The van der Waals surface area contributed by atoms with E-state index < -0.39 is 10.0 Å². The fraction of sp³-hybridized carbons (Fsp3) is 0.286. The molecule has 0 aliphatic rings. The van der Waals surface area contributed by atoms with Gasteiger partial charge in [0.15, 0.2) is 0 Å². The number of nitrogens with two attached hydrogens (primary N) is 1. The SMILES string of the molecule is CC(c1ccccc1Cl)N(C)S(=O)(=O)c1ccc(CN)s1. The van der Waals surface area contributed by atoms with Gasteiger partial charge in [0.1, 0.15) is 4.21 Å². The van der Waals surface area contributed by atoms with E-state index in [9.17, 15) is 8.42 Å². The summed E-state index contributed by atoms with van der Waals surface area (Å²) in [5, 5.41) is 0.556. The van der Waals surface area contributed by atoms with Crippen LogP contribution in [0.25, 0.3) is 0 Å². The van der Waals surface area contributed by atoms with E-state index in [1.807, 2.05) is 25.1 Å². The Morgan fingerprint density at radius 2 is 1.95 bits per heavy atom. The Kier molecular flexibility index (Phi) is 5.06. The first-order chi connectivity index (χ1) is 9.87. The molecular formula is C14H17ClN2O2S2. The molecule has 2 N–H and O–H groups in total. The molecule has 0 bridgehead atoms. The van der Waals surface area contributed by atoms with E-state index in [0.29, 0.717) is 15.8 Å². The molecule has 1 aromatic heterocycles. The predicted octanol–water partition coefficient (Wildman–Crippen LogP) is 3.24. The zero-order valence-electron chi connectivity index (χ0n) is 11.8. The van der Waals surface area contributed by atoms with Crippen LogP contribution in [0.4, 0.5) is 0 Å². The Labute approximate surface area is 134 Å². The fourth-order valence-electron chi connectivity index (χ4n) is 1.97. The van der Waals surface area contributed by atoms with Crippen LogP contribution < -0.4 is 5.73 Å². The normalized spacial score (nSPS) is 13.6. The van der Waals surface area contributed by atoms with E-state index >= 15 is 0 Å². The molecule has 0 saturated heterocycles. The third kappa shape index (κ3) is 3.30. The number of sulfonamides is 1. The summed E-state index contributed by atoms with van der Waals surface area (Å²) in [5.74, 6) is 0. The van der Waals surface area contributed by atoms with E-state index in [1.54, 1.807) is 25.2 Å². The lowest BCUT2D eigenvalue weighted by Gasteiger charge is -2.24. The second kappa shape index (κ2) is 6.46. The maximum atomic E-state index is 12.6. The lowest BCUT2D eigenvalue weighted by molar-refractivity contribution is 0.399. The van der Waals surface area contributed by atoms with Gasteiger partial charge in [-0.2, -0.15) is 4.31 Å². The highest BCUT2D eigenvalue weighted by molar-refractivity contribution is 7.91. The van der Waals surface area contributed by atoms with Crippen molar-refractivity contribution in [3.63, 3.8) is 0 Å². The molecule has 0 spiro atoms. The molecule has 4 nitrogen and oxygen atoms in total. The van der Waals surface area contributed by atoms with Gasteiger partial charge in [0, 0.05) is 29.5 Å². The van der Waals surface area contributed by atoms with E-state index in [0.717, 1.165) is 10.4 Å². The highest BCUT2D eigenvalue weighted by atomic mass is 35.5. The van der Waals surface area contributed by atoms with Crippen molar-refractivity contribution in [2.45, 2.75) is 23.7 Å². The van der Waals surface area contributed by atoms with Gasteiger partial charge in [-0.3, -0.25) is 0 Å². The second-order valence-electron chi connectivity index (χ2n) is 4.64. The van der Waals surface area contributed by atoms with Crippen LogP contribution in [-0.2, 0) is 16.6 Å².